The van der Waals surface area contributed by atoms with E-state index >= 15 is 0 Å². The number of rotatable bonds is 9. The summed E-state index contributed by atoms with van der Waals surface area (Å²) >= 11 is 0. The van der Waals surface area contributed by atoms with Crippen molar-refractivity contribution in [2.24, 2.45) is 0 Å². The van der Waals surface area contributed by atoms with Crippen molar-refractivity contribution in [3.63, 3.8) is 0 Å². The molecule has 2 aromatic carbocycles. The second-order valence-electron chi connectivity index (χ2n) is 6.40. The van der Waals surface area contributed by atoms with Crippen LogP contribution in [0.3, 0.4) is 0 Å². The topological polar surface area (TPSA) is 103 Å². The maximum absolute atomic E-state index is 12.1. The molecule has 0 heterocycles. The molecule has 30 heavy (non-hydrogen) atoms. The third-order valence-corrected chi connectivity index (χ3v) is 4.23. The highest BCUT2D eigenvalue weighted by molar-refractivity contribution is 5.94. The number of ether oxygens (including phenoxy) is 3. The summed E-state index contributed by atoms with van der Waals surface area (Å²) in [5.41, 5.74) is 2.49. The zero-order chi connectivity index (χ0) is 21.9. The van der Waals surface area contributed by atoms with Gasteiger partial charge in [0.1, 0.15) is 11.5 Å². The van der Waals surface area contributed by atoms with E-state index < -0.39 is 6.16 Å². The van der Waals surface area contributed by atoms with E-state index in [0.717, 1.165) is 11.1 Å². The first kappa shape index (κ1) is 22.7. The van der Waals surface area contributed by atoms with Crippen molar-refractivity contribution in [2.75, 3.05) is 26.3 Å². The first-order valence-electron chi connectivity index (χ1n) is 9.59. The van der Waals surface area contributed by atoms with Crippen LogP contribution in [0.2, 0.25) is 0 Å². The Hall–Kier alpha value is -3.55. The minimum Gasteiger partial charge on any atom is -0.483 e. The van der Waals surface area contributed by atoms with Crippen molar-refractivity contribution in [1.29, 1.82) is 0 Å². The largest absolute Gasteiger partial charge is 0.513 e. The summed E-state index contributed by atoms with van der Waals surface area (Å²) in [7, 11) is 0. The molecule has 0 aliphatic heterocycles. The van der Waals surface area contributed by atoms with Gasteiger partial charge in [0.25, 0.3) is 11.8 Å². The molecule has 0 fully saturated rings. The van der Waals surface area contributed by atoms with E-state index in [4.69, 9.17) is 9.47 Å². The summed E-state index contributed by atoms with van der Waals surface area (Å²) in [5, 5.41) is 5.38. The molecule has 0 bridgehead atoms. The fourth-order valence-corrected chi connectivity index (χ4v) is 2.47. The lowest BCUT2D eigenvalue weighted by Gasteiger charge is -2.11. The Labute approximate surface area is 175 Å². The van der Waals surface area contributed by atoms with Crippen LogP contribution in [-0.4, -0.2) is 44.3 Å². The van der Waals surface area contributed by atoms with Crippen LogP contribution in [0.4, 0.5) is 4.79 Å². The molecule has 0 radical (unpaired) electrons. The Morgan fingerprint density at radius 1 is 0.933 bits per heavy atom. The van der Waals surface area contributed by atoms with E-state index in [0.29, 0.717) is 11.3 Å². The Balaban J connectivity index is 1.68. The molecule has 2 N–H and O–H groups in total. The predicted molar refractivity (Wildman–Crippen MR) is 111 cm³/mol. The van der Waals surface area contributed by atoms with Crippen LogP contribution in [0.25, 0.3) is 0 Å². The highest BCUT2D eigenvalue weighted by atomic mass is 16.7. The molecule has 0 unspecified atom stereocenters. The normalized spacial score (nSPS) is 10.1. The monoisotopic (exact) mass is 414 g/mol. The van der Waals surface area contributed by atoms with Gasteiger partial charge < -0.3 is 24.8 Å². The zero-order valence-corrected chi connectivity index (χ0v) is 17.3. The smallest absolute Gasteiger partial charge is 0.483 e. The minimum atomic E-state index is -0.799. The number of hydrogen-bond acceptors (Lipinski definition) is 6. The fraction of sp³-hybridized carbons (Fsp3) is 0.318. The molecule has 0 spiro atoms. The summed E-state index contributed by atoms with van der Waals surface area (Å²) in [6, 6.07) is 11.7. The summed E-state index contributed by atoms with van der Waals surface area (Å²) in [5.74, 6) is 0.374. The second kappa shape index (κ2) is 11.5. The molecular formula is C22H26N2O6. The number of benzene rings is 2. The first-order valence-corrected chi connectivity index (χ1v) is 9.59. The summed E-state index contributed by atoms with van der Waals surface area (Å²) < 4.78 is 15.1. The standard InChI is InChI=1S/C22H26N2O6/c1-4-28-22(27)30-18-10-8-17(9-11-18)21(26)24-13-12-23-20(25)14-29-19-7-5-6-15(2)16(19)3/h5-11H,4,12-14H2,1-3H3,(H,23,25)(H,24,26). The van der Waals surface area contributed by atoms with Gasteiger partial charge in [-0.3, -0.25) is 9.59 Å². The quantitative estimate of drug-likeness (QED) is 0.372. The van der Waals surface area contributed by atoms with Gasteiger partial charge in [0.2, 0.25) is 0 Å². The van der Waals surface area contributed by atoms with Crippen LogP contribution >= 0.6 is 0 Å². The van der Waals surface area contributed by atoms with E-state index in [1.165, 1.54) is 24.3 Å². The molecule has 2 aromatic rings. The molecule has 2 amide bonds. The molecule has 0 aliphatic carbocycles. The molecule has 8 heteroatoms. The Bertz CT molecular complexity index is 880. The summed E-state index contributed by atoms with van der Waals surface area (Å²) in [6.07, 6.45) is -0.799. The van der Waals surface area contributed by atoms with Gasteiger partial charge in [0.05, 0.1) is 6.61 Å². The van der Waals surface area contributed by atoms with Crippen LogP contribution in [0, 0.1) is 13.8 Å². The Morgan fingerprint density at radius 2 is 1.63 bits per heavy atom. The molecular weight excluding hydrogens is 388 g/mol. The third-order valence-electron chi connectivity index (χ3n) is 4.23. The number of carbonyl (C=O) groups excluding carboxylic acids is 3. The molecule has 8 nitrogen and oxygen atoms in total. The highest BCUT2D eigenvalue weighted by Crippen LogP contribution is 2.20. The summed E-state index contributed by atoms with van der Waals surface area (Å²) in [6.45, 7) is 6.24. The predicted octanol–water partition coefficient (Wildman–Crippen LogP) is 2.76. The van der Waals surface area contributed by atoms with Gasteiger partial charge in [-0.25, -0.2) is 4.79 Å². The van der Waals surface area contributed by atoms with Crippen molar-refractivity contribution < 1.29 is 28.6 Å². The molecule has 0 saturated carbocycles. The van der Waals surface area contributed by atoms with E-state index in [1.54, 1.807) is 6.92 Å². The van der Waals surface area contributed by atoms with Crippen LogP contribution in [0.1, 0.15) is 28.4 Å². The van der Waals surface area contributed by atoms with Crippen molar-refractivity contribution in [2.45, 2.75) is 20.8 Å². The fourth-order valence-electron chi connectivity index (χ4n) is 2.47. The molecule has 0 atom stereocenters. The lowest BCUT2D eigenvalue weighted by atomic mass is 10.1. The number of aryl methyl sites for hydroxylation is 1. The lowest BCUT2D eigenvalue weighted by Crippen LogP contribution is -2.36. The van der Waals surface area contributed by atoms with Gasteiger partial charge in [-0.05, 0) is 62.2 Å². The highest BCUT2D eigenvalue weighted by Gasteiger charge is 2.09. The minimum absolute atomic E-state index is 0.0971. The van der Waals surface area contributed by atoms with Gasteiger partial charge in [0.15, 0.2) is 6.61 Å². The molecule has 0 saturated heterocycles. The van der Waals surface area contributed by atoms with Gasteiger partial charge in [-0.2, -0.15) is 0 Å². The number of amides is 2. The third kappa shape index (κ3) is 7.12. The number of hydrogen-bond donors (Lipinski definition) is 2. The van der Waals surface area contributed by atoms with Gasteiger partial charge >= 0.3 is 6.16 Å². The number of carbonyl (C=O) groups is 3. The molecule has 160 valence electrons. The molecule has 2 rings (SSSR count). The van der Waals surface area contributed by atoms with Crippen LogP contribution < -0.4 is 20.1 Å². The van der Waals surface area contributed by atoms with Crippen LogP contribution in [0.5, 0.6) is 11.5 Å². The number of nitrogens with one attached hydrogen (secondary N) is 2. The average Bonchev–Trinajstić information content (AvgIpc) is 2.73. The molecule has 0 aromatic heterocycles. The van der Waals surface area contributed by atoms with Crippen molar-refractivity contribution >= 4 is 18.0 Å². The van der Waals surface area contributed by atoms with E-state index in [9.17, 15) is 14.4 Å². The van der Waals surface area contributed by atoms with E-state index in [2.05, 4.69) is 15.4 Å². The maximum atomic E-state index is 12.1. The van der Waals surface area contributed by atoms with Crippen molar-refractivity contribution in [3.8, 4) is 11.5 Å². The summed E-state index contributed by atoms with van der Waals surface area (Å²) in [4.78, 5) is 35.3. The van der Waals surface area contributed by atoms with Gasteiger partial charge in [-0.15, -0.1) is 0 Å². The second-order valence-corrected chi connectivity index (χ2v) is 6.40. The first-order chi connectivity index (χ1) is 14.4. The zero-order valence-electron chi connectivity index (χ0n) is 17.3. The van der Waals surface area contributed by atoms with Crippen LogP contribution in [-0.2, 0) is 9.53 Å². The van der Waals surface area contributed by atoms with E-state index in [1.807, 2.05) is 32.0 Å². The SMILES string of the molecule is CCOC(=O)Oc1ccc(C(=O)NCCNC(=O)COc2cccc(C)c2C)cc1. The maximum Gasteiger partial charge on any atom is 0.513 e. The Kier molecular flexibility index (Phi) is 8.68. The lowest BCUT2D eigenvalue weighted by molar-refractivity contribution is -0.123. The van der Waals surface area contributed by atoms with Gasteiger partial charge in [0, 0.05) is 18.7 Å². The van der Waals surface area contributed by atoms with Crippen LogP contribution in [0.15, 0.2) is 42.5 Å². The molecule has 0 aliphatic rings. The Morgan fingerprint density at radius 3 is 2.33 bits per heavy atom. The van der Waals surface area contributed by atoms with Gasteiger partial charge in [-0.1, -0.05) is 12.1 Å². The average molecular weight is 414 g/mol. The van der Waals surface area contributed by atoms with E-state index in [-0.39, 0.29) is 43.9 Å². The van der Waals surface area contributed by atoms with Crippen molar-refractivity contribution in [1.82, 2.24) is 10.6 Å². The van der Waals surface area contributed by atoms with Crippen molar-refractivity contribution in [3.05, 3.63) is 59.2 Å².